The third kappa shape index (κ3) is 7.15. The van der Waals surface area contributed by atoms with Crippen LogP contribution in [0.4, 0.5) is 11.4 Å². The number of ether oxygens (including phenoxy) is 1. The molecule has 6 nitrogen and oxygen atoms in total. The van der Waals surface area contributed by atoms with Crippen LogP contribution in [0, 0.1) is 6.92 Å². The van der Waals surface area contributed by atoms with Gasteiger partial charge < -0.3 is 15.4 Å². The summed E-state index contributed by atoms with van der Waals surface area (Å²) in [6.07, 6.45) is 1.20. The van der Waals surface area contributed by atoms with Gasteiger partial charge in [-0.2, -0.15) is 0 Å². The van der Waals surface area contributed by atoms with E-state index < -0.39 is 0 Å². The van der Waals surface area contributed by atoms with Crippen LogP contribution >= 0.6 is 12.2 Å². The predicted octanol–water partition coefficient (Wildman–Crippen LogP) is 5.09. The van der Waals surface area contributed by atoms with Gasteiger partial charge in [0.25, 0.3) is 5.91 Å². The molecule has 0 heterocycles. The molecule has 0 spiro atoms. The third-order valence-electron chi connectivity index (χ3n) is 5.02. The van der Waals surface area contributed by atoms with E-state index in [2.05, 4.69) is 28.1 Å². The van der Waals surface area contributed by atoms with Gasteiger partial charge in [-0.3, -0.25) is 14.9 Å². The van der Waals surface area contributed by atoms with Gasteiger partial charge in [-0.05, 0) is 66.7 Å². The van der Waals surface area contributed by atoms with Crippen LogP contribution in [0.3, 0.4) is 0 Å². The number of hydrogen-bond donors (Lipinski definition) is 3. The first-order valence-corrected chi connectivity index (χ1v) is 11.2. The summed E-state index contributed by atoms with van der Waals surface area (Å²) in [5.74, 6) is 0.305. The zero-order chi connectivity index (χ0) is 23.6. The summed E-state index contributed by atoms with van der Waals surface area (Å²) in [6, 6.07) is 22.5. The minimum atomic E-state index is -0.323. The first-order chi connectivity index (χ1) is 16.0. The van der Waals surface area contributed by atoms with Crippen molar-refractivity contribution in [2.45, 2.75) is 26.7 Å². The number of benzene rings is 3. The Labute approximate surface area is 199 Å². The van der Waals surface area contributed by atoms with Crippen molar-refractivity contribution in [3.8, 4) is 5.75 Å². The smallest absolute Gasteiger partial charge is 0.257 e. The van der Waals surface area contributed by atoms with Gasteiger partial charge in [-0.1, -0.05) is 43.3 Å². The van der Waals surface area contributed by atoms with Gasteiger partial charge in [0.05, 0.1) is 6.61 Å². The normalized spacial score (nSPS) is 10.2. The SMILES string of the molecule is CCC(=O)Nc1cccc(NC(=S)NC(=O)c2ccc(OCCc3ccccc3)cc2)c1C. The zero-order valence-corrected chi connectivity index (χ0v) is 19.5. The molecule has 0 aromatic heterocycles. The molecule has 0 fully saturated rings. The molecule has 7 heteroatoms. The van der Waals surface area contributed by atoms with Crippen LogP contribution in [0.1, 0.15) is 34.8 Å². The Bertz CT molecular complexity index is 1120. The van der Waals surface area contributed by atoms with E-state index in [1.807, 2.05) is 43.3 Å². The molecule has 2 amide bonds. The summed E-state index contributed by atoms with van der Waals surface area (Å²) in [5, 5.41) is 8.72. The molecule has 0 unspecified atom stereocenters. The number of thiocarbonyl (C=S) groups is 1. The second-order valence-electron chi connectivity index (χ2n) is 7.40. The number of carbonyl (C=O) groups excluding carboxylic acids is 2. The fourth-order valence-corrected chi connectivity index (χ4v) is 3.31. The van der Waals surface area contributed by atoms with E-state index in [9.17, 15) is 9.59 Å². The second kappa shape index (κ2) is 11.8. The Morgan fingerprint density at radius 1 is 0.879 bits per heavy atom. The van der Waals surface area contributed by atoms with E-state index in [1.165, 1.54) is 5.56 Å². The van der Waals surface area contributed by atoms with Gasteiger partial charge >= 0.3 is 0 Å². The Balaban J connectivity index is 1.52. The average Bonchev–Trinajstić information content (AvgIpc) is 2.82. The maximum Gasteiger partial charge on any atom is 0.257 e. The minimum absolute atomic E-state index is 0.0707. The highest BCUT2D eigenvalue weighted by atomic mass is 32.1. The second-order valence-corrected chi connectivity index (χ2v) is 7.80. The molecule has 3 N–H and O–H groups in total. The lowest BCUT2D eigenvalue weighted by Crippen LogP contribution is -2.34. The van der Waals surface area contributed by atoms with E-state index in [-0.39, 0.29) is 16.9 Å². The first kappa shape index (κ1) is 23.9. The van der Waals surface area contributed by atoms with Gasteiger partial charge in [0.1, 0.15) is 5.75 Å². The van der Waals surface area contributed by atoms with Gasteiger partial charge in [0.2, 0.25) is 5.91 Å². The summed E-state index contributed by atoms with van der Waals surface area (Å²) >= 11 is 5.30. The number of rotatable bonds is 8. The van der Waals surface area contributed by atoms with Crippen LogP contribution in [0.5, 0.6) is 5.75 Å². The van der Waals surface area contributed by atoms with Crippen LogP contribution in [0.15, 0.2) is 72.8 Å². The minimum Gasteiger partial charge on any atom is -0.493 e. The highest BCUT2D eigenvalue weighted by Crippen LogP contribution is 2.23. The van der Waals surface area contributed by atoms with Crippen molar-refractivity contribution >= 4 is 40.5 Å². The third-order valence-corrected chi connectivity index (χ3v) is 5.23. The number of anilines is 2. The van der Waals surface area contributed by atoms with Crippen molar-refractivity contribution < 1.29 is 14.3 Å². The van der Waals surface area contributed by atoms with E-state index in [0.717, 1.165) is 12.0 Å². The van der Waals surface area contributed by atoms with E-state index in [4.69, 9.17) is 17.0 Å². The summed E-state index contributed by atoms with van der Waals surface area (Å²) in [4.78, 5) is 24.2. The average molecular weight is 462 g/mol. The fraction of sp³-hybridized carbons (Fsp3) is 0.192. The molecule has 0 aliphatic rings. The van der Waals surface area contributed by atoms with Crippen molar-refractivity contribution in [2.24, 2.45) is 0 Å². The molecular formula is C26H27N3O3S. The molecule has 0 bridgehead atoms. The molecule has 3 aromatic carbocycles. The highest BCUT2D eigenvalue weighted by Gasteiger charge is 2.11. The van der Waals surface area contributed by atoms with Crippen molar-refractivity contribution in [2.75, 3.05) is 17.2 Å². The lowest BCUT2D eigenvalue weighted by molar-refractivity contribution is -0.115. The highest BCUT2D eigenvalue weighted by molar-refractivity contribution is 7.80. The van der Waals surface area contributed by atoms with E-state index in [1.54, 1.807) is 31.2 Å². The lowest BCUT2D eigenvalue weighted by atomic mass is 10.1. The van der Waals surface area contributed by atoms with Gasteiger partial charge in [0, 0.05) is 29.8 Å². The Hall–Kier alpha value is -3.71. The van der Waals surface area contributed by atoms with Crippen LogP contribution in [-0.4, -0.2) is 23.5 Å². The fourth-order valence-electron chi connectivity index (χ4n) is 3.11. The molecule has 3 aromatic rings. The van der Waals surface area contributed by atoms with Crippen molar-refractivity contribution in [3.05, 3.63) is 89.5 Å². The summed E-state index contributed by atoms with van der Waals surface area (Å²) in [7, 11) is 0. The number of carbonyl (C=O) groups is 2. The maximum atomic E-state index is 12.6. The molecule has 3 rings (SSSR count). The summed E-state index contributed by atoms with van der Waals surface area (Å²) < 4.78 is 5.76. The van der Waals surface area contributed by atoms with Crippen molar-refractivity contribution in [3.63, 3.8) is 0 Å². The summed E-state index contributed by atoms with van der Waals surface area (Å²) in [6.45, 7) is 4.22. The Morgan fingerprint density at radius 2 is 1.55 bits per heavy atom. The molecule has 0 aliphatic carbocycles. The quantitative estimate of drug-likeness (QED) is 0.407. The Kier molecular flexibility index (Phi) is 8.55. The first-order valence-electron chi connectivity index (χ1n) is 10.7. The predicted molar refractivity (Wildman–Crippen MR) is 136 cm³/mol. The van der Waals surface area contributed by atoms with Gasteiger partial charge in [-0.25, -0.2) is 0 Å². The number of hydrogen-bond acceptors (Lipinski definition) is 4. The maximum absolute atomic E-state index is 12.6. The lowest BCUT2D eigenvalue weighted by Gasteiger charge is -2.15. The van der Waals surface area contributed by atoms with E-state index in [0.29, 0.717) is 35.7 Å². The van der Waals surface area contributed by atoms with Crippen molar-refractivity contribution in [1.29, 1.82) is 0 Å². The van der Waals surface area contributed by atoms with Crippen LogP contribution in [-0.2, 0) is 11.2 Å². The van der Waals surface area contributed by atoms with Crippen LogP contribution < -0.4 is 20.7 Å². The zero-order valence-electron chi connectivity index (χ0n) is 18.7. The Morgan fingerprint density at radius 3 is 2.21 bits per heavy atom. The van der Waals surface area contributed by atoms with E-state index >= 15 is 0 Å². The number of amides is 2. The van der Waals surface area contributed by atoms with Gasteiger partial charge in [0.15, 0.2) is 5.11 Å². The molecule has 170 valence electrons. The monoisotopic (exact) mass is 461 g/mol. The summed E-state index contributed by atoms with van der Waals surface area (Å²) in [5.41, 5.74) is 3.91. The molecule has 0 saturated heterocycles. The topological polar surface area (TPSA) is 79.5 Å². The standard InChI is InChI=1S/C26H27N3O3S/c1-3-24(30)27-22-10-7-11-23(18(22)2)28-26(33)29-25(31)20-12-14-21(15-13-20)32-17-16-19-8-5-4-6-9-19/h4-15H,3,16-17H2,1-2H3,(H,27,30)(H2,28,29,31,33). The van der Waals surface area contributed by atoms with Crippen LogP contribution in [0.2, 0.25) is 0 Å². The molecule has 0 aliphatic heterocycles. The van der Waals surface area contributed by atoms with Gasteiger partial charge in [-0.15, -0.1) is 0 Å². The number of nitrogens with one attached hydrogen (secondary N) is 3. The molecule has 0 saturated carbocycles. The molecular weight excluding hydrogens is 434 g/mol. The largest absolute Gasteiger partial charge is 0.493 e. The molecule has 33 heavy (non-hydrogen) atoms. The van der Waals surface area contributed by atoms with Crippen LogP contribution in [0.25, 0.3) is 0 Å². The molecule has 0 radical (unpaired) electrons. The molecule has 0 atom stereocenters. The van der Waals surface area contributed by atoms with Crippen molar-refractivity contribution in [1.82, 2.24) is 5.32 Å².